The van der Waals surface area contributed by atoms with E-state index < -0.39 is 0 Å². The standard InChI is InChI=1S/C10H14O/c1-7-8(2)11-10-6-4-3-5-9(7)10/h9-10H,1-6H2. The lowest BCUT2D eigenvalue weighted by Crippen LogP contribution is -2.20. The summed E-state index contributed by atoms with van der Waals surface area (Å²) in [5.74, 6) is 1.43. The highest BCUT2D eigenvalue weighted by atomic mass is 16.5. The van der Waals surface area contributed by atoms with Crippen LogP contribution in [0.25, 0.3) is 0 Å². The number of allylic oxidation sites excluding steroid dienone is 1. The molecule has 2 atom stereocenters. The molecule has 2 rings (SSSR count). The first-order valence-electron chi connectivity index (χ1n) is 4.34. The molecule has 0 amide bonds. The molecule has 1 heterocycles. The average molecular weight is 150 g/mol. The van der Waals surface area contributed by atoms with Crippen LogP contribution in [0.5, 0.6) is 0 Å². The third-order valence-corrected chi connectivity index (χ3v) is 2.80. The van der Waals surface area contributed by atoms with Crippen LogP contribution in [0.1, 0.15) is 25.7 Å². The summed E-state index contributed by atoms with van der Waals surface area (Å²) in [5.41, 5.74) is 1.15. The van der Waals surface area contributed by atoms with Crippen LogP contribution in [-0.2, 0) is 4.74 Å². The molecular weight excluding hydrogens is 136 g/mol. The van der Waals surface area contributed by atoms with Crippen molar-refractivity contribution >= 4 is 0 Å². The van der Waals surface area contributed by atoms with Gasteiger partial charge in [-0.1, -0.05) is 19.6 Å². The van der Waals surface area contributed by atoms with E-state index in [0.717, 1.165) is 11.3 Å². The molecule has 0 bridgehead atoms. The van der Waals surface area contributed by atoms with Gasteiger partial charge in [0, 0.05) is 5.92 Å². The molecule has 0 N–H and O–H groups in total. The van der Waals surface area contributed by atoms with E-state index in [0.29, 0.717) is 12.0 Å². The van der Waals surface area contributed by atoms with Crippen molar-refractivity contribution in [3.05, 3.63) is 24.5 Å². The Labute approximate surface area is 67.7 Å². The smallest absolute Gasteiger partial charge is 0.115 e. The van der Waals surface area contributed by atoms with Gasteiger partial charge in [-0.3, -0.25) is 0 Å². The Hall–Kier alpha value is -0.720. The Morgan fingerprint density at radius 1 is 1.18 bits per heavy atom. The maximum Gasteiger partial charge on any atom is 0.115 e. The second-order valence-electron chi connectivity index (χ2n) is 3.50. The SMILES string of the molecule is C=C1OC2CCCCC2C1=C. The maximum absolute atomic E-state index is 5.58. The second kappa shape index (κ2) is 2.40. The van der Waals surface area contributed by atoms with E-state index in [1.807, 2.05) is 0 Å². The molecule has 0 radical (unpaired) electrons. The molecule has 1 heteroatoms. The molecule has 1 aliphatic carbocycles. The molecule has 2 fully saturated rings. The first-order chi connectivity index (χ1) is 5.29. The van der Waals surface area contributed by atoms with E-state index in [2.05, 4.69) is 13.2 Å². The highest BCUT2D eigenvalue weighted by molar-refractivity contribution is 5.28. The van der Waals surface area contributed by atoms with Gasteiger partial charge in [0.2, 0.25) is 0 Å². The maximum atomic E-state index is 5.58. The minimum absolute atomic E-state index is 0.420. The molecule has 0 aromatic rings. The quantitative estimate of drug-likeness (QED) is 0.516. The van der Waals surface area contributed by atoms with Crippen LogP contribution in [0.3, 0.4) is 0 Å². The molecule has 11 heavy (non-hydrogen) atoms. The fourth-order valence-electron chi connectivity index (χ4n) is 2.10. The third-order valence-electron chi connectivity index (χ3n) is 2.80. The number of hydrogen-bond donors (Lipinski definition) is 0. The molecule has 1 saturated heterocycles. The van der Waals surface area contributed by atoms with Crippen LogP contribution in [0.4, 0.5) is 0 Å². The Bertz CT molecular complexity index is 205. The Morgan fingerprint density at radius 3 is 2.64 bits per heavy atom. The van der Waals surface area contributed by atoms with Gasteiger partial charge in [0.25, 0.3) is 0 Å². The van der Waals surface area contributed by atoms with Crippen LogP contribution in [0.2, 0.25) is 0 Å². The summed E-state index contributed by atoms with van der Waals surface area (Å²) >= 11 is 0. The van der Waals surface area contributed by atoms with Crippen molar-refractivity contribution in [1.29, 1.82) is 0 Å². The first kappa shape index (κ1) is 6.96. The molecule has 0 spiro atoms. The molecule has 1 nitrogen and oxygen atoms in total. The molecule has 0 aromatic heterocycles. The summed E-state index contributed by atoms with van der Waals surface area (Å²) in [5, 5.41) is 0. The highest BCUT2D eigenvalue weighted by Gasteiger charge is 2.36. The minimum atomic E-state index is 0.420. The molecule has 1 saturated carbocycles. The van der Waals surface area contributed by atoms with E-state index in [4.69, 9.17) is 4.74 Å². The van der Waals surface area contributed by atoms with Gasteiger partial charge in [0.15, 0.2) is 0 Å². The van der Waals surface area contributed by atoms with Crippen LogP contribution in [0.15, 0.2) is 24.5 Å². The van der Waals surface area contributed by atoms with Crippen molar-refractivity contribution in [2.24, 2.45) is 5.92 Å². The lowest BCUT2D eigenvalue weighted by atomic mass is 9.84. The van der Waals surface area contributed by atoms with Crippen molar-refractivity contribution in [3.8, 4) is 0 Å². The van der Waals surface area contributed by atoms with E-state index in [9.17, 15) is 0 Å². The number of hydrogen-bond acceptors (Lipinski definition) is 1. The summed E-state index contributed by atoms with van der Waals surface area (Å²) in [6.45, 7) is 7.83. The molecular formula is C10H14O. The van der Waals surface area contributed by atoms with Gasteiger partial charge >= 0.3 is 0 Å². The Balaban J connectivity index is 2.18. The fraction of sp³-hybridized carbons (Fsp3) is 0.600. The highest BCUT2D eigenvalue weighted by Crippen LogP contribution is 2.41. The largest absolute Gasteiger partial charge is 0.490 e. The number of fused-ring (bicyclic) bond motifs is 1. The zero-order chi connectivity index (χ0) is 7.84. The number of rotatable bonds is 0. The lowest BCUT2D eigenvalue weighted by molar-refractivity contribution is 0.0996. The van der Waals surface area contributed by atoms with Crippen molar-refractivity contribution in [2.45, 2.75) is 31.8 Å². The molecule has 2 unspecified atom stereocenters. The zero-order valence-corrected chi connectivity index (χ0v) is 6.81. The Morgan fingerprint density at radius 2 is 1.91 bits per heavy atom. The summed E-state index contributed by atoms with van der Waals surface area (Å²) in [6.07, 6.45) is 5.51. The van der Waals surface area contributed by atoms with Crippen LogP contribution in [0, 0.1) is 5.92 Å². The van der Waals surface area contributed by atoms with E-state index in [1.54, 1.807) is 0 Å². The minimum Gasteiger partial charge on any atom is -0.490 e. The fourth-order valence-corrected chi connectivity index (χ4v) is 2.10. The van der Waals surface area contributed by atoms with Gasteiger partial charge in [-0.25, -0.2) is 0 Å². The van der Waals surface area contributed by atoms with E-state index >= 15 is 0 Å². The van der Waals surface area contributed by atoms with Gasteiger partial charge in [-0.2, -0.15) is 0 Å². The van der Waals surface area contributed by atoms with Crippen LogP contribution in [-0.4, -0.2) is 6.10 Å². The topological polar surface area (TPSA) is 9.23 Å². The molecule has 0 aromatic carbocycles. The lowest BCUT2D eigenvalue weighted by Gasteiger charge is -2.22. The van der Waals surface area contributed by atoms with Gasteiger partial charge in [0.1, 0.15) is 11.9 Å². The Kier molecular flexibility index (Phi) is 1.52. The predicted octanol–water partition coefficient (Wildman–Crippen LogP) is 2.65. The monoisotopic (exact) mass is 150 g/mol. The predicted molar refractivity (Wildman–Crippen MR) is 45.1 cm³/mol. The van der Waals surface area contributed by atoms with Gasteiger partial charge in [0.05, 0.1) is 0 Å². The van der Waals surface area contributed by atoms with Gasteiger partial charge < -0.3 is 4.74 Å². The van der Waals surface area contributed by atoms with Crippen molar-refractivity contribution in [2.75, 3.05) is 0 Å². The van der Waals surface area contributed by atoms with Crippen LogP contribution < -0.4 is 0 Å². The normalized spacial score (nSPS) is 36.7. The molecule has 1 aliphatic heterocycles. The van der Waals surface area contributed by atoms with Crippen LogP contribution >= 0.6 is 0 Å². The zero-order valence-electron chi connectivity index (χ0n) is 6.81. The first-order valence-corrected chi connectivity index (χ1v) is 4.34. The van der Waals surface area contributed by atoms with Gasteiger partial charge in [-0.15, -0.1) is 0 Å². The summed E-state index contributed by atoms with van der Waals surface area (Å²) in [7, 11) is 0. The molecule has 60 valence electrons. The van der Waals surface area contributed by atoms with Crippen molar-refractivity contribution < 1.29 is 4.74 Å². The summed E-state index contributed by atoms with van der Waals surface area (Å²) in [4.78, 5) is 0. The average Bonchev–Trinajstić information content (AvgIpc) is 2.30. The van der Waals surface area contributed by atoms with E-state index in [1.165, 1.54) is 25.7 Å². The third kappa shape index (κ3) is 0.991. The number of ether oxygens (including phenoxy) is 1. The molecule has 2 aliphatic rings. The van der Waals surface area contributed by atoms with Gasteiger partial charge in [-0.05, 0) is 24.8 Å². The van der Waals surface area contributed by atoms with Crippen molar-refractivity contribution in [3.63, 3.8) is 0 Å². The summed E-state index contributed by atoms with van der Waals surface area (Å²) in [6, 6.07) is 0. The summed E-state index contributed by atoms with van der Waals surface area (Å²) < 4.78 is 5.58. The van der Waals surface area contributed by atoms with Crippen molar-refractivity contribution in [1.82, 2.24) is 0 Å². The second-order valence-corrected chi connectivity index (χ2v) is 3.50. The van der Waals surface area contributed by atoms with E-state index in [-0.39, 0.29) is 0 Å².